The number of amides is 3. The van der Waals surface area contributed by atoms with Crippen LogP contribution >= 0.6 is 0 Å². The number of nitrogens with one attached hydrogen (secondary N) is 3. The van der Waals surface area contributed by atoms with Crippen LogP contribution in [0.4, 0.5) is 8.78 Å². The average Bonchev–Trinajstić information content (AvgIpc) is 3.33. The highest BCUT2D eigenvalue weighted by atomic mass is 19.3. The van der Waals surface area contributed by atoms with Crippen LogP contribution in [0.5, 0.6) is 5.75 Å². The Bertz CT molecular complexity index is 1270. The van der Waals surface area contributed by atoms with Gasteiger partial charge < -0.3 is 25.3 Å². The Morgan fingerprint density at radius 1 is 1.32 bits per heavy atom. The van der Waals surface area contributed by atoms with Crippen molar-refractivity contribution in [2.24, 2.45) is 11.8 Å². The van der Waals surface area contributed by atoms with Crippen molar-refractivity contribution >= 4 is 28.6 Å². The van der Waals surface area contributed by atoms with E-state index < -0.39 is 54.1 Å². The van der Waals surface area contributed by atoms with E-state index in [9.17, 15) is 28.4 Å². The second kappa shape index (κ2) is 9.65. The second-order valence-electron chi connectivity index (χ2n) is 10.1. The van der Waals surface area contributed by atoms with Gasteiger partial charge >= 0.3 is 0 Å². The number of hydrogen-bond donors (Lipinski definition) is 3. The van der Waals surface area contributed by atoms with E-state index in [0.29, 0.717) is 36.0 Å². The first kappa shape index (κ1) is 25.0. The fraction of sp³-hybridized carbons (Fsp3) is 0.538. The molecule has 3 aliphatic heterocycles. The number of H-pyrrole nitrogens is 1. The number of carbonyl (C=O) groups is 3. The number of ether oxygens (including phenoxy) is 1. The zero-order chi connectivity index (χ0) is 26.3. The molecule has 4 aliphatic rings. The summed E-state index contributed by atoms with van der Waals surface area (Å²) in [4.78, 5) is 43.6. The number of aromatic amines is 1. The average molecular weight is 514 g/mol. The number of rotatable bonds is 6. The van der Waals surface area contributed by atoms with Gasteiger partial charge in [-0.25, -0.2) is 8.78 Å². The Morgan fingerprint density at radius 2 is 2.14 bits per heavy atom. The maximum Gasteiger partial charge on any atom is 0.271 e. The number of fused-ring (bicyclic) bond motifs is 4. The van der Waals surface area contributed by atoms with Crippen LogP contribution in [0.15, 0.2) is 24.3 Å². The fourth-order valence-electron chi connectivity index (χ4n) is 6.10. The number of alkyl halides is 2. The Balaban J connectivity index is 1.42. The zero-order valence-corrected chi connectivity index (χ0v) is 20.4. The molecule has 9 nitrogen and oxygen atoms in total. The van der Waals surface area contributed by atoms with E-state index in [-0.39, 0.29) is 24.4 Å². The highest BCUT2D eigenvalue weighted by Gasteiger charge is 2.60. The van der Waals surface area contributed by atoms with Crippen LogP contribution < -0.4 is 15.4 Å². The molecule has 3 amide bonds. The molecule has 1 saturated carbocycles. The zero-order valence-electron chi connectivity index (χ0n) is 20.4. The lowest BCUT2D eigenvalue weighted by Crippen LogP contribution is -2.68. The molecular formula is C26H29F2N5O4. The Kier molecular flexibility index (Phi) is 6.52. The number of nitrogens with zero attached hydrogens (tertiary/aromatic N) is 2. The minimum atomic E-state index is -3.11. The maximum absolute atomic E-state index is 15.0. The molecule has 0 unspecified atom stereocenters. The minimum Gasteiger partial charge on any atom is -0.496 e. The Labute approximate surface area is 212 Å². The molecule has 6 rings (SSSR count). The predicted molar refractivity (Wildman–Crippen MR) is 129 cm³/mol. The standard InChI is InChI=1S/C26H29F2N5O4/c1-37-21-6-2-5-19-17(21)11-20(32-19)25(36)33-16-7-8-18(26(27,28)12-16)22(33)24(35)31-15(13-29)10-14-4-3-9-30-23(14)34/h2,5-6,11,14-16,18,22,32H,3-4,7-10,12H2,1H3,(H,30,34)(H,31,35)/t14-,15-,16-,18-,22-/m1/s1. The van der Waals surface area contributed by atoms with Crippen LogP contribution in [0.25, 0.3) is 10.9 Å². The Hall–Kier alpha value is -3.68. The SMILES string of the molecule is COc1cccc2[nH]c(C(=O)N3[C@@H]4CC[C@H]([C@@H]3C(=O)N[C@@H](C#N)C[C@H]3CCCNC3=O)C(F)(F)C4)cc12. The topological polar surface area (TPSA) is 127 Å². The molecule has 1 aromatic heterocycles. The third kappa shape index (κ3) is 4.49. The molecule has 0 radical (unpaired) electrons. The highest BCUT2D eigenvalue weighted by Crippen LogP contribution is 2.49. The molecule has 2 aromatic rings. The molecule has 3 N–H and O–H groups in total. The summed E-state index contributed by atoms with van der Waals surface area (Å²) in [5, 5.41) is 15.6. The maximum atomic E-state index is 15.0. The van der Waals surface area contributed by atoms with Gasteiger partial charge in [0.2, 0.25) is 11.8 Å². The summed E-state index contributed by atoms with van der Waals surface area (Å²) in [5.74, 6) is -5.90. The van der Waals surface area contributed by atoms with Gasteiger partial charge in [-0.05, 0) is 50.3 Å². The number of methoxy groups -OCH3 is 1. The van der Waals surface area contributed by atoms with Crippen molar-refractivity contribution in [2.75, 3.05) is 13.7 Å². The second-order valence-corrected chi connectivity index (χ2v) is 10.1. The van der Waals surface area contributed by atoms with Gasteiger partial charge in [0, 0.05) is 35.8 Å². The summed E-state index contributed by atoms with van der Waals surface area (Å²) in [6, 6.07) is 5.59. The van der Waals surface area contributed by atoms with Gasteiger partial charge in [0.15, 0.2) is 0 Å². The molecule has 37 heavy (non-hydrogen) atoms. The van der Waals surface area contributed by atoms with Crippen LogP contribution in [0.3, 0.4) is 0 Å². The van der Waals surface area contributed by atoms with Gasteiger partial charge in [-0.1, -0.05) is 6.07 Å². The van der Waals surface area contributed by atoms with Crippen molar-refractivity contribution in [1.29, 1.82) is 5.26 Å². The van der Waals surface area contributed by atoms with Gasteiger partial charge in [-0.3, -0.25) is 14.4 Å². The predicted octanol–water partition coefficient (Wildman–Crippen LogP) is 2.73. The smallest absolute Gasteiger partial charge is 0.271 e. The normalized spacial score (nSPS) is 27.3. The molecule has 11 heteroatoms. The van der Waals surface area contributed by atoms with Crippen molar-refractivity contribution in [1.82, 2.24) is 20.5 Å². The lowest BCUT2D eigenvalue weighted by atomic mass is 9.71. The number of nitriles is 1. The van der Waals surface area contributed by atoms with Crippen LogP contribution in [0.1, 0.15) is 49.0 Å². The Morgan fingerprint density at radius 3 is 2.84 bits per heavy atom. The van der Waals surface area contributed by atoms with E-state index in [4.69, 9.17) is 4.74 Å². The van der Waals surface area contributed by atoms with E-state index in [0.717, 1.165) is 6.42 Å². The number of halogens is 2. The van der Waals surface area contributed by atoms with E-state index in [1.807, 2.05) is 6.07 Å². The number of benzene rings is 1. The third-order valence-corrected chi connectivity index (χ3v) is 7.90. The number of aromatic nitrogens is 1. The molecule has 5 atom stereocenters. The van der Waals surface area contributed by atoms with E-state index in [1.54, 1.807) is 24.3 Å². The van der Waals surface area contributed by atoms with Crippen molar-refractivity contribution < 1.29 is 27.9 Å². The molecule has 3 saturated heterocycles. The first-order valence-electron chi connectivity index (χ1n) is 12.6. The number of piperidine rings is 3. The number of carbonyl (C=O) groups excluding carboxylic acids is 3. The van der Waals surface area contributed by atoms with Gasteiger partial charge in [0.05, 0.1) is 19.1 Å². The van der Waals surface area contributed by atoms with Gasteiger partial charge in [-0.2, -0.15) is 5.26 Å². The first-order chi connectivity index (χ1) is 17.7. The van der Waals surface area contributed by atoms with E-state index >= 15 is 0 Å². The monoisotopic (exact) mass is 513 g/mol. The van der Waals surface area contributed by atoms with Crippen molar-refractivity contribution in [2.45, 2.75) is 62.6 Å². The fourth-order valence-corrected chi connectivity index (χ4v) is 6.10. The molecule has 1 aromatic carbocycles. The third-order valence-electron chi connectivity index (χ3n) is 7.90. The molecular weight excluding hydrogens is 484 g/mol. The van der Waals surface area contributed by atoms with Crippen LogP contribution in [-0.4, -0.2) is 65.3 Å². The summed E-state index contributed by atoms with van der Waals surface area (Å²) in [6.45, 7) is 0.565. The van der Waals surface area contributed by atoms with Crippen molar-refractivity contribution in [3.05, 3.63) is 30.0 Å². The number of hydrogen-bond acceptors (Lipinski definition) is 5. The van der Waals surface area contributed by atoms with Crippen molar-refractivity contribution in [3.8, 4) is 11.8 Å². The first-order valence-corrected chi connectivity index (χ1v) is 12.6. The van der Waals surface area contributed by atoms with Gasteiger partial charge in [0.1, 0.15) is 23.5 Å². The molecule has 0 spiro atoms. The van der Waals surface area contributed by atoms with E-state index in [2.05, 4.69) is 15.6 Å². The lowest BCUT2D eigenvalue weighted by Gasteiger charge is -2.53. The summed E-state index contributed by atoms with van der Waals surface area (Å²) < 4.78 is 35.4. The van der Waals surface area contributed by atoms with Crippen LogP contribution in [0, 0.1) is 23.2 Å². The molecule has 196 valence electrons. The molecule has 4 fully saturated rings. The quantitative estimate of drug-likeness (QED) is 0.547. The van der Waals surface area contributed by atoms with Crippen LogP contribution in [-0.2, 0) is 9.59 Å². The summed E-state index contributed by atoms with van der Waals surface area (Å²) in [5.41, 5.74) is 0.815. The summed E-state index contributed by atoms with van der Waals surface area (Å²) >= 11 is 0. The minimum absolute atomic E-state index is 0.0844. The summed E-state index contributed by atoms with van der Waals surface area (Å²) in [6.07, 6.45) is 1.38. The summed E-state index contributed by atoms with van der Waals surface area (Å²) in [7, 11) is 1.51. The molecule has 2 bridgehead atoms. The van der Waals surface area contributed by atoms with Gasteiger partial charge in [0.25, 0.3) is 11.8 Å². The highest BCUT2D eigenvalue weighted by molar-refractivity contribution is 6.02. The largest absolute Gasteiger partial charge is 0.496 e. The van der Waals surface area contributed by atoms with Crippen LogP contribution in [0.2, 0.25) is 0 Å². The lowest BCUT2D eigenvalue weighted by molar-refractivity contribution is -0.179. The molecule has 1 aliphatic carbocycles. The van der Waals surface area contributed by atoms with E-state index in [1.165, 1.54) is 12.0 Å². The molecule has 4 heterocycles. The van der Waals surface area contributed by atoms with Crippen molar-refractivity contribution in [3.63, 3.8) is 0 Å². The van der Waals surface area contributed by atoms with Gasteiger partial charge in [-0.15, -0.1) is 0 Å².